The Morgan fingerprint density at radius 1 is 0.935 bits per heavy atom. The van der Waals surface area contributed by atoms with Crippen LogP contribution in [-0.2, 0) is 0 Å². The Hall–Kier alpha value is -2.12. The summed E-state index contributed by atoms with van der Waals surface area (Å²) in [6.45, 7) is 5.58. The van der Waals surface area contributed by atoms with Crippen LogP contribution in [0.5, 0.6) is 11.5 Å². The van der Waals surface area contributed by atoms with E-state index in [1.54, 1.807) is 12.1 Å². The molecule has 0 aliphatic heterocycles. The number of hydrogen-bond donors (Lipinski definition) is 2. The molecule has 0 aromatic heterocycles. The maximum absolute atomic E-state index is 12.8. The number of rotatable bonds is 12. The largest absolute Gasteiger partial charge is 0.494 e. The number of anilines is 1. The number of ether oxygens (including phenoxy) is 2. The van der Waals surface area contributed by atoms with Gasteiger partial charge in [-0.2, -0.15) is 0 Å². The minimum atomic E-state index is -0.318. The van der Waals surface area contributed by atoms with Crippen LogP contribution in [0, 0.1) is 0 Å². The van der Waals surface area contributed by atoms with Crippen molar-refractivity contribution < 1.29 is 14.3 Å². The van der Waals surface area contributed by atoms with Gasteiger partial charge in [-0.05, 0) is 67.5 Å². The molecule has 2 rings (SSSR count). The summed E-state index contributed by atoms with van der Waals surface area (Å²) in [5.74, 6) is 1.04. The predicted octanol–water partition coefficient (Wildman–Crippen LogP) is 6.71. The van der Waals surface area contributed by atoms with Gasteiger partial charge in [0, 0.05) is 10.2 Å². The van der Waals surface area contributed by atoms with Crippen LogP contribution in [0.25, 0.3) is 0 Å². The molecule has 0 radical (unpaired) electrons. The SMILES string of the molecule is CCCCCCOc1ccc(Br)cc1C(=O)NC(=S)Nc1ccc(OCCCC)cc1. The second-order valence-corrected chi connectivity index (χ2v) is 8.51. The second kappa shape index (κ2) is 14.0. The summed E-state index contributed by atoms with van der Waals surface area (Å²) in [5, 5.41) is 5.98. The number of halogens is 1. The van der Waals surface area contributed by atoms with Crippen molar-refractivity contribution in [3.63, 3.8) is 0 Å². The smallest absolute Gasteiger partial charge is 0.261 e. The van der Waals surface area contributed by atoms with E-state index in [2.05, 4.69) is 40.4 Å². The Balaban J connectivity index is 1.91. The molecule has 5 nitrogen and oxygen atoms in total. The van der Waals surface area contributed by atoms with Crippen molar-refractivity contribution in [2.45, 2.75) is 52.4 Å². The molecule has 0 heterocycles. The number of unbranched alkanes of at least 4 members (excludes halogenated alkanes) is 4. The minimum absolute atomic E-state index is 0.221. The van der Waals surface area contributed by atoms with Gasteiger partial charge >= 0.3 is 0 Å². The van der Waals surface area contributed by atoms with E-state index >= 15 is 0 Å². The van der Waals surface area contributed by atoms with Gasteiger partial charge in [0.2, 0.25) is 0 Å². The summed E-state index contributed by atoms with van der Waals surface area (Å²) < 4.78 is 12.3. The lowest BCUT2D eigenvalue weighted by Gasteiger charge is -2.14. The number of hydrogen-bond acceptors (Lipinski definition) is 4. The van der Waals surface area contributed by atoms with Gasteiger partial charge in [-0.25, -0.2) is 0 Å². The van der Waals surface area contributed by atoms with Gasteiger partial charge in [0.1, 0.15) is 11.5 Å². The summed E-state index contributed by atoms with van der Waals surface area (Å²) in [4.78, 5) is 12.8. The number of amides is 1. The molecule has 7 heteroatoms. The van der Waals surface area contributed by atoms with Crippen molar-refractivity contribution in [3.05, 3.63) is 52.5 Å². The van der Waals surface area contributed by atoms with Crippen LogP contribution < -0.4 is 20.1 Å². The highest BCUT2D eigenvalue weighted by atomic mass is 79.9. The molecule has 0 spiro atoms. The van der Waals surface area contributed by atoms with Gasteiger partial charge in [-0.3, -0.25) is 10.1 Å². The van der Waals surface area contributed by atoms with E-state index in [1.807, 2.05) is 30.3 Å². The monoisotopic (exact) mass is 506 g/mol. The van der Waals surface area contributed by atoms with Crippen LogP contribution in [0.4, 0.5) is 5.69 Å². The van der Waals surface area contributed by atoms with E-state index in [-0.39, 0.29) is 11.0 Å². The van der Waals surface area contributed by atoms with E-state index in [0.717, 1.165) is 41.6 Å². The fraction of sp³-hybridized carbons (Fsp3) is 0.417. The molecule has 0 unspecified atom stereocenters. The van der Waals surface area contributed by atoms with Gasteiger partial charge in [-0.1, -0.05) is 55.5 Å². The lowest BCUT2D eigenvalue weighted by Crippen LogP contribution is -2.34. The first-order valence-corrected chi connectivity index (χ1v) is 12.0. The summed E-state index contributed by atoms with van der Waals surface area (Å²) >= 11 is 8.74. The fourth-order valence-electron chi connectivity index (χ4n) is 2.82. The van der Waals surface area contributed by atoms with Crippen LogP contribution in [-0.4, -0.2) is 24.2 Å². The highest BCUT2D eigenvalue weighted by Gasteiger charge is 2.15. The molecular weight excluding hydrogens is 476 g/mol. The van der Waals surface area contributed by atoms with Crippen molar-refractivity contribution in [2.24, 2.45) is 0 Å². The van der Waals surface area contributed by atoms with Gasteiger partial charge in [-0.15, -0.1) is 0 Å². The third-order valence-electron chi connectivity index (χ3n) is 4.55. The van der Waals surface area contributed by atoms with Gasteiger partial charge in [0.05, 0.1) is 18.8 Å². The maximum atomic E-state index is 12.8. The average Bonchev–Trinajstić information content (AvgIpc) is 2.75. The Labute approximate surface area is 199 Å². The van der Waals surface area contributed by atoms with Crippen LogP contribution >= 0.6 is 28.1 Å². The van der Waals surface area contributed by atoms with Crippen LogP contribution in [0.3, 0.4) is 0 Å². The minimum Gasteiger partial charge on any atom is -0.494 e. The first-order valence-electron chi connectivity index (χ1n) is 10.8. The number of nitrogens with one attached hydrogen (secondary N) is 2. The molecule has 31 heavy (non-hydrogen) atoms. The molecule has 0 saturated heterocycles. The van der Waals surface area contributed by atoms with Gasteiger partial charge < -0.3 is 14.8 Å². The first-order chi connectivity index (χ1) is 15.0. The van der Waals surface area contributed by atoms with E-state index in [9.17, 15) is 4.79 Å². The molecule has 2 aromatic rings. The van der Waals surface area contributed by atoms with E-state index in [1.165, 1.54) is 12.8 Å². The van der Waals surface area contributed by atoms with E-state index in [4.69, 9.17) is 21.7 Å². The zero-order chi connectivity index (χ0) is 22.5. The zero-order valence-electron chi connectivity index (χ0n) is 18.2. The Bertz CT molecular complexity index is 843. The van der Waals surface area contributed by atoms with Crippen molar-refractivity contribution in [1.82, 2.24) is 5.32 Å². The molecule has 2 aromatic carbocycles. The van der Waals surface area contributed by atoms with Crippen LogP contribution in [0.2, 0.25) is 0 Å². The van der Waals surface area contributed by atoms with Crippen molar-refractivity contribution in [2.75, 3.05) is 18.5 Å². The molecule has 0 saturated carbocycles. The highest BCUT2D eigenvalue weighted by molar-refractivity contribution is 9.10. The Kier molecular flexibility index (Phi) is 11.4. The summed E-state index contributed by atoms with van der Waals surface area (Å²) in [7, 11) is 0. The number of benzene rings is 2. The normalized spacial score (nSPS) is 10.4. The molecule has 168 valence electrons. The highest BCUT2D eigenvalue weighted by Crippen LogP contribution is 2.24. The average molecular weight is 507 g/mol. The standard InChI is InChI=1S/C24H31BrN2O3S/c1-3-5-7-8-16-30-22-14-9-18(25)17-21(22)23(28)27-24(31)26-19-10-12-20(13-11-19)29-15-6-4-2/h9-14,17H,3-8,15-16H2,1-2H3,(H2,26,27,28,31). The van der Waals surface area contributed by atoms with E-state index < -0.39 is 0 Å². The number of carbonyl (C=O) groups excluding carboxylic acids is 1. The fourth-order valence-corrected chi connectivity index (χ4v) is 3.39. The van der Waals surface area contributed by atoms with Crippen molar-refractivity contribution in [3.8, 4) is 11.5 Å². The van der Waals surface area contributed by atoms with Crippen molar-refractivity contribution >= 4 is 44.9 Å². The lowest BCUT2D eigenvalue weighted by atomic mass is 10.2. The molecule has 0 aliphatic carbocycles. The quantitative estimate of drug-likeness (QED) is 0.247. The summed E-state index contributed by atoms with van der Waals surface area (Å²) in [5.41, 5.74) is 1.21. The molecule has 2 N–H and O–H groups in total. The Morgan fingerprint density at radius 3 is 2.35 bits per heavy atom. The molecule has 0 atom stereocenters. The molecule has 1 amide bonds. The molecule has 0 bridgehead atoms. The van der Waals surface area contributed by atoms with Crippen LogP contribution in [0.1, 0.15) is 62.7 Å². The predicted molar refractivity (Wildman–Crippen MR) is 134 cm³/mol. The Morgan fingerprint density at radius 2 is 1.65 bits per heavy atom. The third kappa shape index (κ3) is 9.27. The molecule has 0 fully saturated rings. The maximum Gasteiger partial charge on any atom is 0.261 e. The zero-order valence-corrected chi connectivity index (χ0v) is 20.6. The number of thiocarbonyl (C=S) groups is 1. The first kappa shape index (κ1) is 25.1. The lowest BCUT2D eigenvalue weighted by molar-refractivity contribution is 0.0973. The van der Waals surface area contributed by atoms with Crippen molar-refractivity contribution in [1.29, 1.82) is 0 Å². The van der Waals surface area contributed by atoms with Crippen LogP contribution in [0.15, 0.2) is 46.9 Å². The van der Waals surface area contributed by atoms with E-state index in [0.29, 0.717) is 24.5 Å². The van der Waals surface area contributed by atoms with Gasteiger partial charge in [0.25, 0.3) is 5.91 Å². The summed E-state index contributed by atoms with van der Waals surface area (Å²) in [6, 6.07) is 12.9. The molecule has 0 aliphatic rings. The summed E-state index contributed by atoms with van der Waals surface area (Å²) in [6.07, 6.45) is 6.55. The third-order valence-corrected chi connectivity index (χ3v) is 5.24. The molecular formula is C24H31BrN2O3S. The van der Waals surface area contributed by atoms with Gasteiger partial charge in [0.15, 0.2) is 5.11 Å². The second-order valence-electron chi connectivity index (χ2n) is 7.18. The topological polar surface area (TPSA) is 59.6 Å². The number of carbonyl (C=O) groups is 1.